The SMILES string of the molecule is CC(C)CCCCCOC(=O)C(C)(Cc1cc(C(C)(C)C)c(O)c(C(C)(C)C)c1)Cc1cc(C(C)(C)C)c(O)c(C(C)(C)C)c1. The summed E-state index contributed by atoms with van der Waals surface area (Å²) in [6.45, 7) is 32.3. The number of hydrogen-bond acceptors (Lipinski definition) is 4. The maximum absolute atomic E-state index is 14.2. The molecule has 0 saturated carbocycles. The summed E-state index contributed by atoms with van der Waals surface area (Å²) in [5, 5.41) is 22.7. The first kappa shape index (κ1) is 38.7. The molecule has 0 bridgehead atoms. The standard InChI is InChI=1S/C41H66O4/c1-27(2)19-17-16-18-20-45-36(44)41(15,25-28-21-30(37(3,4)5)34(42)31(22-28)38(6,7)8)26-29-23-32(39(9,10)11)35(43)33(24-29)40(12,13)14/h21-24,27,42-43H,16-20,25-26H2,1-15H3. The number of phenolic OH excluding ortho intramolecular Hbond substituents is 2. The van der Waals surface area contributed by atoms with Gasteiger partial charge in [-0.3, -0.25) is 4.79 Å². The Morgan fingerprint density at radius 3 is 1.22 bits per heavy atom. The Morgan fingerprint density at radius 1 is 0.600 bits per heavy atom. The Balaban J connectivity index is 2.66. The summed E-state index contributed by atoms with van der Waals surface area (Å²) < 4.78 is 6.06. The number of aromatic hydroxyl groups is 2. The molecule has 0 fully saturated rings. The molecule has 0 aliphatic carbocycles. The number of ether oxygens (including phenoxy) is 1. The molecule has 2 N–H and O–H groups in total. The third kappa shape index (κ3) is 10.5. The molecule has 0 aromatic heterocycles. The normalized spacial score (nSPS) is 13.4. The van der Waals surface area contributed by atoms with Gasteiger partial charge in [0.25, 0.3) is 0 Å². The third-order valence-electron chi connectivity index (χ3n) is 8.91. The molecule has 0 amide bonds. The van der Waals surface area contributed by atoms with Gasteiger partial charge in [-0.15, -0.1) is 0 Å². The average molecular weight is 623 g/mol. The Bertz CT molecular complexity index is 1150. The van der Waals surface area contributed by atoms with Crippen LogP contribution < -0.4 is 0 Å². The number of benzene rings is 2. The minimum absolute atomic E-state index is 0.197. The van der Waals surface area contributed by atoms with Crippen molar-refractivity contribution in [3.05, 3.63) is 57.6 Å². The van der Waals surface area contributed by atoms with Gasteiger partial charge in [-0.25, -0.2) is 0 Å². The molecule has 254 valence electrons. The molecule has 0 aliphatic heterocycles. The second-order valence-electron chi connectivity index (χ2n) is 18.4. The van der Waals surface area contributed by atoms with Crippen molar-refractivity contribution in [3.8, 4) is 11.5 Å². The minimum Gasteiger partial charge on any atom is -0.507 e. The highest BCUT2D eigenvalue weighted by Crippen LogP contribution is 2.44. The molecule has 0 aliphatic rings. The van der Waals surface area contributed by atoms with E-state index in [9.17, 15) is 15.0 Å². The first-order chi connectivity index (χ1) is 20.3. The van der Waals surface area contributed by atoms with Crippen LogP contribution in [0.5, 0.6) is 11.5 Å². The van der Waals surface area contributed by atoms with Crippen molar-refractivity contribution in [1.82, 2.24) is 0 Å². The van der Waals surface area contributed by atoms with Gasteiger partial charge in [0.15, 0.2) is 0 Å². The number of esters is 1. The van der Waals surface area contributed by atoms with Crippen LogP contribution in [0.2, 0.25) is 0 Å². The lowest BCUT2D eigenvalue weighted by Gasteiger charge is -2.33. The molecule has 45 heavy (non-hydrogen) atoms. The molecule has 0 radical (unpaired) electrons. The highest BCUT2D eigenvalue weighted by molar-refractivity contribution is 5.77. The van der Waals surface area contributed by atoms with Crippen molar-refractivity contribution >= 4 is 5.97 Å². The quantitative estimate of drug-likeness (QED) is 0.193. The van der Waals surface area contributed by atoms with E-state index in [0.717, 1.165) is 52.6 Å². The highest BCUT2D eigenvalue weighted by Gasteiger charge is 2.38. The molecule has 0 atom stereocenters. The second-order valence-corrected chi connectivity index (χ2v) is 18.4. The molecule has 4 heteroatoms. The summed E-state index contributed by atoms with van der Waals surface area (Å²) in [5.74, 6) is 1.16. The van der Waals surface area contributed by atoms with Gasteiger partial charge >= 0.3 is 5.97 Å². The van der Waals surface area contributed by atoms with Crippen molar-refractivity contribution in [1.29, 1.82) is 0 Å². The molecule has 0 unspecified atom stereocenters. The van der Waals surface area contributed by atoms with Gasteiger partial charge in [0, 0.05) is 0 Å². The Kier molecular flexibility index (Phi) is 12.1. The first-order valence-corrected chi connectivity index (χ1v) is 17.2. The summed E-state index contributed by atoms with van der Waals surface area (Å²) in [4.78, 5) is 14.2. The van der Waals surface area contributed by atoms with Crippen LogP contribution in [0.3, 0.4) is 0 Å². The molecule has 2 aromatic carbocycles. The van der Waals surface area contributed by atoms with Gasteiger partial charge in [0.05, 0.1) is 12.0 Å². The van der Waals surface area contributed by atoms with Crippen LogP contribution in [0.4, 0.5) is 0 Å². The predicted molar refractivity (Wildman–Crippen MR) is 191 cm³/mol. The molecule has 4 nitrogen and oxygen atoms in total. The second kappa shape index (κ2) is 14.1. The number of carbonyl (C=O) groups excluding carboxylic acids is 1. The van der Waals surface area contributed by atoms with Crippen LogP contribution >= 0.6 is 0 Å². The Labute approximate surface area is 276 Å². The lowest BCUT2D eigenvalue weighted by Crippen LogP contribution is -2.35. The molecule has 2 aromatic rings. The molecule has 0 saturated heterocycles. The van der Waals surface area contributed by atoms with Crippen LogP contribution in [-0.4, -0.2) is 22.8 Å². The highest BCUT2D eigenvalue weighted by atomic mass is 16.5. The zero-order chi connectivity index (χ0) is 34.8. The van der Waals surface area contributed by atoms with E-state index < -0.39 is 5.41 Å². The van der Waals surface area contributed by atoms with Crippen LogP contribution in [0.1, 0.15) is 163 Å². The van der Waals surface area contributed by atoms with Crippen LogP contribution in [0.25, 0.3) is 0 Å². The van der Waals surface area contributed by atoms with Crippen LogP contribution in [0.15, 0.2) is 24.3 Å². The molecule has 2 rings (SSSR count). The fourth-order valence-corrected chi connectivity index (χ4v) is 6.16. The van der Waals surface area contributed by atoms with Crippen molar-refractivity contribution in [2.45, 2.75) is 164 Å². The van der Waals surface area contributed by atoms with Crippen molar-refractivity contribution in [3.63, 3.8) is 0 Å². The number of phenols is 2. The Hall–Kier alpha value is -2.49. The maximum Gasteiger partial charge on any atom is 0.312 e. The van der Waals surface area contributed by atoms with E-state index in [1.165, 1.54) is 6.42 Å². The van der Waals surface area contributed by atoms with Gasteiger partial charge in [0.1, 0.15) is 11.5 Å². The lowest BCUT2D eigenvalue weighted by atomic mass is 9.72. The van der Waals surface area contributed by atoms with Crippen molar-refractivity contribution < 1.29 is 19.7 Å². The van der Waals surface area contributed by atoms with Gasteiger partial charge in [-0.2, -0.15) is 0 Å². The van der Waals surface area contributed by atoms with E-state index in [0.29, 0.717) is 36.9 Å². The molecule has 0 spiro atoms. The summed E-state index contributed by atoms with van der Waals surface area (Å²) in [6.07, 6.45) is 5.18. The molecular formula is C41H66O4. The Morgan fingerprint density at radius 2 is 0.933 bits per heavy atom. The van der Waals surface area contributed by atoms with Gasteiger partial charge < -0.3 is 14.9 Å². The fraction of sp³-hybridized carbons (Fsp3) is 0.683. The van der Waals surface area contributed by atoms with Crippen LogP contribution in [-0.2, 0) is 44.0 Å². The topological polar surface area (TPSA) is 66.8 Å². The van der Waals surface area contributed by atoms with Gasteiger partial charge in [-0.05, 0) is 87.1 Å². The summed E-state index contributed by atoms with van der Waals surface area (Å²) in [7, 11) is 0. The van der Waals surface area contributed by atoms with E-state index in [4.69, 9.17) is 4.74 Å². The molecular weight excluding hydrogens is 556 g/mol. The number of carbonyl (C=O) groups is 1. The van der Waals surface area contributed by atoms with Gasteiger partial charge in [-0.1, -0.05) is 140 Å². The largest absolute Gasteiger partial charge is 0.507 e. The van der Waals surface area contributed by atoms with Crippen LogP contribution in [0, 0.1) is 11.3 Å². The number of hydrogen-bond donors (Lipinski definition) is 2. The smallest absolute Gasteiger partial charge is 0.312 e. The maximum atomic E-state index is 14.2. The minimum atomic E-state index is -0.861. The summed E-state index contributed by atoms with van der Waals surface area (Å²) in [5.41, 5.74) is 3.65. The number of rotatable bonds is 11. The average Bonchev–Trinajstić information content (AvgIpc) is 2.84. The van der Waals surface area contributed by atoms with Crippen molar-refractivity contribution in [2.75, 3.05) is 6.61 Å². The van der Waals surface area contributed by atoms with E-state index >= 15 is 0 Å². The van der Waals surface area contributed by atoms with E-state index in [1.807, 2.05) is 6.92 Å². The monoisotopic (exact) mass is 622 g/mol. The zero-order valence-electron chi connectivity index (χ0n) is 31.5. The predicted octanol–water partition coefficient (Wildman–Crippen LogP) is 10.8. The van der Waals surface area contributed by atoms with Crippen molar-refractivity contribution in [2.24, 2.45) is 11.3 Å². The van der Waals surface area contributed by atoms with Gasteiger partial charge in [0.2, 0.25) is 0 Å². The van der Waals surface area contributed by atoms with E-state index in [-0.39, 0.29) is 27.6 Å². The first-order valence-electron chi connectivity index (χ1n) is 17.2. The lowest BCUT2D eigenvalue weighted by molar-refractivity contribution is -0.155. The summed E-state index contributed by atoms with van der Waals surface area (Å²) in [6, 6.07) is 8.33. The zero-order valence-corrected chi connectivity index (χ0v) is 31.5. The fourth-order valence-electron chi connectivity index (χ4n) is 6.16. The molecule has 0 heterocycles. The number of unbranched alkanes of at least 4 members (excludes halogenated alkanes) is 2. The third-order valence-corrected chi connectivity index (χ3v) is 8.91. The van der Waals surface area contributed by atoms with E-state index in [1.54, 1.807) is 0 Å². The van der Waals surface area contributed by atoms with E-state index in [2.05, 4.69) is 121 Å². The summed E-state index contributed by atoms with van der Waals surface area (Å²) >= 11 is 0.